The molecule has 2 N–H and O–H groups in total. The molecule has 28 heavy (non-hydrogen) atoms. The zero-order chi connectivity index (χ0) is 19.9. The summed E-state index contributed by atoms with van der Waals surface area (Å²) in [6.07, 6.45) is 2.63. The average Bonchev–Trinajstić information content (AvgIpc) is 3.01. The predicted octanol–water partition coefficient (Wildman–Crippen LogP) is 4.34. The molecule has 5 nitrogen and oxygen atoms in total. The number of amides is 1. The molecular formula is C22H26FN3O2. The molecule has 148 valence electrons. The van der Waals surface area contributed by atoms with Crippen LogP contribution < -0.4 is 15.4 Å². The highest BCUT2D eigenvalue weighted by molar-refractivity contribution is 6.31. The first kappa shape index (κ1) is 19.9. The predicted molar refractivity (Wildman–Crippen MR) is 111 cm³/mol. The van der Waals surface area contributed by atoms with E-state index >= 15 is 0 Å². The fourth-order valence-corrected chi connectivity index (χ4v) is 3.13. The van der Waals surface area contributed by atoms with Gasteiger partial charge in [0.1, 0.15) is 11.6 Å². The maximum absolute atomic E-state index is 13.3. The summed E-state index contributed by atoms with van der Waals surface area (Å²) in [5.41, 5.74) is 2.50. The van der Waals surface area contributed by atoms with Crippen molar-refractivity contribution in [3.8, 4) is 5.75 Å². The Morgan fingerprint density at radius 2 is 1.89 bits per heavy atom. The summed E-state index contributed by atoms with van der Waals surface area (Å²) in [4.78, 5) is 14.5. The molecule has 1 aliphatic heterocycles. The molecule has 0 aromatic heterocycles. The molecule has 2 aromatic rings. The van der Waals surface area contributed by atoms with Crippen molar-refractivity contribution >= 4 is 22.9 Å². The lowest BCUT2D eigenvalue weighted by atomic mass is 10.1. The van der Waals surface area contributed by atoms with Gasteiger partial charge in [-0.25, -0.2) is 4.39 Å². The number of halogens is 1. The van der Waals surface area contributed by atoms with E-state index in [0.717, 1.165) is 37.5 Å². The number of hydrogen-bond acceptors (Lipinski definition) is 4. The third-order valence-electron chi connectivity index (χ3n) is 4.78. The second-order valence-corrected chi connectivity index (χ2v) is 6.60. The van der Waals surface area contributed by atoms with Gasteiger partial charge in [-0.05, 0) is 62.0 Å². The van der Waals surface area contributed by atoms with Gasteiger partial charge in [0, 0.05) is 24.0 Å². The van der Waals surface area contributed by atoms with E-state index in [2.05, 4.69) is 29.4 Å². The van der Waals surface area contributed by atoms with Crippen LogP contribution in [-0.2, 0) is 4.79 Å². The molecule has 0 saturated carbocycles. The monoisotopic (exact) mass is 383 g/mol. The highest BCUT2D eigenvalue weighted by atomic mass is 19.1. The van der Waals surface area contributed by atoms with Crippen LogP contribution in [0.3, 0.4) is 0 Å². The zero-order valence-electron chi connectivity index (χ0n) is 16.3. The van der Waals surface area contributed by atoms with Gasteiger partial charge >= 0.3 is 0 Å². The number of nitrogens with one attached hydrogen (secondary N) is 2. The number of nitrogens with zero attached hydrogens (tertiary/aromatic N) is 1. The summed E-state index contributed by atoms with van der Waals surface area (Å²) in [5, 5.41) is 5.79. The number of carbonyl (C=O) groups excluding carboxylic acids is 1. The third kappa shape index (κ3) is 4.89. The highest BCUT2D eigenvalue weighted by Gasteiger charge is 2.24. The summed E-state index contributed by atoms with van der Waals surface area (Å²) in [6, 6.07) is 11.9. The average molecular weight is 383 g/mol. The molecule has 0 fully saturated rings. The van der Waals surface area contributed by atoms with E-state index in [9.17, 15) is 9.18 Å². The van der Waals surface area contributed by atoms with Gasteiger partial charge in [-0.1, -0.05) is 13.8 Å². The van der Waals surface area contributed by atoms with Gasteiger partial charge in [0.05, 0.1) is 17.9 Å². The van der Waals surface area contributed by atoms with Gasteiger partial charge in [0.2, 0.25) is 0 Å². The zero-order valence-corrected chi connectivity index (χ0v) is 16.3. The summed E-state index contributed by atoms with van der Waals surface area (Å²) in [6.45, 7) is 8.16. The number of carbonyl (C=O) groups is 1. The number of ether oxygens (including phenoxy) is 1. The molecule has 0 unspecified atom stereocenters. The molecule has 3 rings (SSSR count). The van der Waals surface area contributed by atoms with Crippen molar-refractivity contribution in [1.82, 2.24) is 4.90 Å². The first-order valence-electron chi connectivity index (χ1n) is 9.64. The third-order valence-corrected chi connectivity index (χ3v) is 4.78. The minimum Gasteiger partial charge on any atom is -0.494 e. The number of benzene rings is 2. The van der Waals surface area contributed by atoms with Gasteiger partial charge in [-0.2, -0.15) is 0 Å². The van der Waals surface area contributed by atoms with Crippen LogP contribution in [0.5, 0.6) is 5.75 Å². The van der Waals surface area contributed by atoms with Crippen LogP contribution in [0.2, 0.25) is 0 Å². The lowest BCUT2D eigenvalue weighted by Crippen LogP contribution is -2.25. The van der Waals surface area contributed by atoms with E-state index < -0.39 is 0 Å². The summed E-state index contributed by atoms with van der Waals surface area (Å²) in [7, 11) is 0. The topological polar surface area (TPSA) is 53.6 Å². The van der Waals surface area contributed by atoms with Crippen molar-refractivity contribution in [3.05, 3.63) is 60.0 Å². The van der Waals surface area contributed by atoms with Crippen molar-refractivity contribution in [2.75, 3.05) is 36.9 Å². The van der Waals surface area contributed by atoms with E-state index in [1.54, 1.807) is 12.3 Å². The Kier molecular flexibility index (Phi) is 6.66. The standard InChI is InChI=1S/C22H26FN3O2/c1-3-26(4-2)12-5-13-28-18-9-7-17(8-10-18)24-15-20-19-11-6-16(23)14-21(19)25-22(20)27/h6-11,14-15,24H,3-5,12-13H2,1-2H3,(H,25,27)/b20-15+. The number of hydrogen-bond donors (Lipinski definition) is 2. The Balaban J connectivity index is 1.54. The van der Waals surface area contributed by atoms with Crippen molar-refractivity contribution in [1.29, 1.82) is 0 Å². The number of fused-ring (bicyclic) bond motifs is 1. The molecule has 0 spiro atoms. The second-order valence-electron chi connectivity index (χ2n) is 6.60. The van der Waals surface area contributed by atoms with E-state index in [-0.39, 0.29) is 11.7 Å². The fourth-order valence-electron chi connectivity index (χ4n) is 3.13. The Labute approximate surface area is 165 Å². The summed E-state index contributed by atoms with van der Waals surface area (Å²) < 4.78 is 19.1. The normalized spacial score (nSPS) is 14.3. The van der Waals surface area contributed by atoms with Gasteiger partial charge in [-0.3, -0.25) is 4.79 Å². The number of rotatable bonds is 9. The van der Waals surface area contributed by atoms with Crippen molar-refractivity contribution in [2.45, 2.75) is 20.3 Å². The molecule has 2 aromatic carbocycles. The molecule has 0 aliphatic carbocycles. The smallest absolute Gasteiger partial charge is 0.257 e. The van der Waals surface area contributed by atoms with Crippen LogP contribution in [-0.4, -0.2) is 37.0 Å². The quantitative estimate of drug-likeness (QED) is 0.500. The molecule has 6 heteroatoms. The molecule has 0 bridgehead atoms. The van der Waals surface area contributed by atoms with Gasteiger partial charge < -0.3 is 20.3 Å². The molecule has 1 aliphatic rings. The van der Waals surface area contributed by atoms with Gasteiger partial charge in [-0.15, -0.1) is 0 Å². The Hall–Kier alpha value is -2.86. The van der Waals surface area contributed by atoms with Crippen LogP contribution in [0.25, 0.3) is 5.57 Å². The largest absolute Gasteiger partial charge is 0.494 e. The molecule has 1 heterocycles. The Bertz CT molecular complexity index is 845. The highest BCUT2D eigenvalue weighted by Crippen LogP contribution is 2.32. The van der Waals surface area contributed by atoms with E-state index in [0.29, 0.717) is 23.4 Å². The van der Waals surface area contributed by atoms with Crippen LogP contribution in [0.1, 0.15) is 25.8 Å². The minimum absolute atomic E-state index is 0.249. The fraction of sp³-hybridized carbons (Fsp3) is 0.318. The lowest BCUT2D eigenvalue weighted by molar-refractivity contribution is -0.110. The van der Waals surface area contributed by atoms with Crippen molar-refractivity contribution in [3.63, 3.8) is 0 Å². The maximum Gasteiger partial charge on any atom is 0.257 e. The van der Waals surface area contributed by atoms with Crippen LogP contribution >= 0.6 is 0 Å². The summed E-state index contributed by atoms with van der Waals surface area (Å²) in [5.74, 6) is 0.194. The number of anilines is 2. The molecule has 0 atom stereocenters. The van der Waals surface area contributed by atoms with Crippen LogP contribution in [0, 0.1) is 5.82 Å². The van der Waals surface area contributed by atoms with E-state index in [1.165, 1.54) is 12.1 Å². The molecule has 0 saturated heterocycles. The Morgan fingerprint density at radius 1 is 1.14 bits per heavy atom. The van der Waals surface area contributed by atoms with Crippen LogP contribution in [0.15, 0.2) is 48.7 Å². The van der Waals surface area contributed by atoms with E-state index in [1.807, 2.05) is 24.3 Å². The van der Waals surface area contributed by atoms with Crippen molar-refractivity contribution in [2.24, 2.45) is 0 Å². The minimum atomic E-state index is -0.374. The SMILES string of the molecule is CCN(CC)CCCOc1ccc(N/C=C2/C(=O)Nc3cc(F)ccc32)cc1. The Morgan fingerprint density at radius 3 is 2.61 bits per heavy atom. The molecule has 0 radical (unpaired) electrons. The van der Waals surface area contributed by atoms with Crippen LogP contribution in [0.4, 0.5) is 15.8 Å². The van der Waals surface area contributed by atoms with Crippen molar-refractivity contribution < 1.29 is 13.9 Å². The second kappa shape index (κ2) is 9.37. The first-order chi connectivity index (χ1) is 13.6. The summed E-state index contributed by atoms with van der Waals surface area (Å²) >= 11 is 0. The lowest BCUT2D eigenvalue weighted by Gasteiger charge is -2.17. The maximum atomic E-state index is 13.3. The molecule has 1 amide bonds. The molecular weight excluding hydrogens is 357 g/mol. The first-order valence-corrected chi connectivity index (χ1v) is 9.64. The van der Waals surface area contributed by atoms with Gasteiger partial charge in [0.25, 0.3) is 5.91 Å². The van der Waals surface area contributed by atoms with Gasteiger partial charge in [0.15, 0.2) is 0 Å². The van der Waals surface area contributed by atoms with E-state index in [4.69, 9.17) is 4.74 Å².